The average Bonchev–Trinajstić information content (AvgIpc) is 2.54. The topological polar surface area (TPSA) is 42.7 Å². The van der Waals surface area contributed by atoms with Gasteiger partial charge in [-0.1, -0.05) is 6.92 Å². The zero-order chi connectivity index (χ0) is 16.4. The van der Waals surface area contributed by atoms with Crippen LogP contribution in [0.2, 0.25) is 0 Å². The minimum absolute atomic E-state index is 0.288. The Morgan fingerprint density at radius 3 is 2.96 bits per heavy atom. The molecule has 4 nitrogen and oxygen atoms in total. The van der Waals surface area contributed by atoms with Gasteiger partial charge in [0.15, 0.2) is 0 Å². The van der Waals surface area contributed by atoms with Crippen LogP contribution >= 0.6 is 0 Å². The number of piperidine rings is 1. The molecule has 0 radical (unpaired) electrons. The Labute approximate surface area is 137 Å². The molecule has 2 heterocycles. The summed E-state index contributed by atoms with van der Waals surface area (Å²) in [6, 6.07) is 5.59. The highest BCUT2D eigenvalue weighted by Crippen LogP contribution is 2.29. The molecule has 124 valence electrons. The van der Waals surface area contributed by atoms with E-state index in [1.165, 1.54) is 19.4 Å². The van der Waals surface area contributed by atoms with Crippen molar-refractivity contribution in [1.82, 2.24) is 4.90 Å². The van der Waals surface area contributed by atoms with E-state index in [9.17, 15) is 4.79 Å². The van der Waals surface area contributed by atoms with Gasteiger partial charge >= 0.3 is 5.63 Å². The smallest absolute Gasteiger partial charge is 0.336 e. The molecule has 1 unspecified atom stereocenters. The number of hydrogen-bond acceptors (Lipinski definition) is 4. The molecule has 4 heteroatoms. The molecule has 0 amide bonds. The van der Waals surface area contributed by atoms with Crippen molar-refractivity contribution in [3.05, 3.63) is 39.7 Å². The number of nitrogens with zero attached hydrogens (tertiary/aromatic N) is 1. The van der Waals surface area contributed by atoms with E-state index in [0.717, 1.165) is 35.2 Å². The Morgan fingerprint density at radius 1 is 1.39 bits per heavy atom. The largest absolute Gasteiger partial charge is 0.493 e. The Bertz CT molecular complexity index is 750. The lowest BCUT2D eigenvalue weighted by Gasteiger charge is -2.29. The van der Waals surface area contributed by atoms with E-state index < -0.39 is 0 Å². The van der Waals surface area contributed by atoms with E-state index in [4.69, 9.17) is 9.15 Å². The molecule has 0 saturated carbocycles. The van der Waals surface area contributed by atoms with Crippen molar-refractivity contribution in [2.24, 2.45) is 5.92 Å². The summed E-state index contributed by atoms with van der Waals surface area (Å²) in [7, 11) is 2.16. The van der Waals surface area contributed by atoms with Crippen LogP contribution in [0.25, 0.3) is 11.0 Å². The average molecular weight is 315 g/mol. The summed E-state index contributed by atoms with van der Waals surface area (Å²) in [5, 5.41) is 1.01. The van der Waals surface area contributed by atoms with Gasteiger partial charge in [0.1, 0.15) is 11.3 Å². The Balaban J connectivity index is 1.84. The summed E-state index contributed by atoms with van der Waals surface area (Å²) in [6.07, 6.45) is 3.26. The van der Waals surface area contributed by atoms with E-state index in [2.05, 4.69) is 11.9 Å². The van der Waals surface area contributed by atoms with Crippen molar-refractivity contribution < 1.29 is 9.15 Å². The molecule has 0 spiro atoms. The van der Waals surface area contributed by atoms with Crippen molar-refractivity contribution in [2.75, 3.05) is 26.7 Å². The molecule has 23 heavy (non-hydrogen) atoms. The van der Waals surface area contributed by atoms with Gasteiger partial charge in [-0.05, 0) is 57.5 Å². The zero-order valence-corrected chi connectivity index (χ0v) is 14.2. The number of ether oxygens (including phenoxy) is 1. The molecular weight excluding hydrogens is 290 g/mol. The minimum atomic E-state index is -0.288. The van der Waals surface area contributed by atoms with Crippen molar-refractivity contribution in [3.8, 4) is 5.75 Å². The van der Waals surface area contributed by atoms with Crippen LogP contribution in [0, 0.1) is 12.8 Å². The van der Waals surface area contributed by atoms with Gasteiger partial charge in [0.25, 0.3) is 0 Å². The fourth-order valence-electron chi connectivity index (χ4n) is 3.47. The van der Waals surface area contributed by atoms with Gasteiger partial charge in [0, 0.05) is 29.5 Å². The maximum atomic E-state index is 11.8. The summed E-state index contributed by atoms with van der Waals surface area (Å²) in [6.45, 7) is 6.99. The van der Waals surface area contributed by atoms with Crippen LogP contribution in [0.3, 0.4) is 0 Å². The zero-order valence-electron chi connectivity index (χ0n) is 14.2. The number of aryl methyl sites for hydroxylation is 2. The first-order valence-electron chi connectivity index (χ1n) is 8.46. The minimum Gasteiger partial charge on any atom is -0.493 e. The summed E-state index contributed by atoms with van der Waals surface area (Å²) >= 11 is 0. The number of benzene rings is 1. The maximum absolute atomic E-state index is 11.8. The second kappa shape index (κ2) is 6.75. The quantitative estimate of drug-likeness (QED) is 0.811. The Kier molecular flexibility index (Phi) is 4.71. The summed E-state index contributed by atoms with van der Waals surface area (Å²) in [5.41, 5.74) is 2.31. The number of fused-ring (bicyclic) bond motifs is 1. The Morgan fingerprint density at radius 2 is 2.22 bits per heavy atom. The van der Waals surface area contributed by atoms with Gasteiger partial charge in [-0.25, -0.2) is 4.79 Å². The van der Waals surface area contributed by atoms with E-state index >= 15 is 0 Å². The first kappa shape index (κ1) is 16.1. The molecular formula is C19H25NO3. The van der Waals surface area contributed by atoms with Crippen LogP contribution in [0.5, 0.6) is 5.75 Å². The SMILES string of the molecule is CCc1cc(=O)oc2c(C)c(OCC3CCCN(C)C3)ccc12. The van der Waals surface area contributed by atoms with E-state index in [-0.39, 0.29) is 5.63 Å². The first-order valence-corrected chi connectivity index (χ1v) is 8.46. The highest BCUT2D eigenvalue weighted by atomic mass is 16.5. The third kappa shape index (κ3) is 3.42. The monoisotopic (exact) mass is 315 g/mol. The van der Waals surface area contributed by atoms with Gasteiger partial charge in [-0.2, -0.15) is 0 Å². The molecule has 0 bridgehead atoms. The van der Waals surface area contributed by atoms with Crippen LogP contribution in [-0.2, 0) is 6.42 Å². The molecule has 2 aromatic rings. The van der Waals surface area contributed by atoms with Crippen LogP contribution < -0.4 is 10.4 Å². The maximum Gasteiger partial charge on any atom is 0.336 e. The lowest BCUT2D eigenvalue weighted by Crippen LogP contribution is -2.34. The highest BCUT2D eigenvalue weighted by molar-refractivity contribution is 5.84. The predicted molar refractivity (Wildman–Crippen MR) is 92.3 cm³/mol. The molecule has 1 fully saturated rings. The van der Waals surface area contributed by atoms with E-state index in [1.807, 2.05) is 26.0 Å². The van der Waals surface area contributed by atoms with Crippen molar-refractivity contribution >= 4 is 11.0 Å². The van der Waals surface area contributed by atoms with Gasteiger partial charge in [-0.15, -0.1) is 0 Å². The molecule has 3 rings (SSSR count). The molecule has 1 aliphatic heterocycles. The fraction of sp³-hybridized carbons (Fsp3) is 0.526. The molecule has 1 aliphatic rings. The molecule has 1 atom stereocenters. The number of likely N-dealkylation sites (tertiary alicyclic amines) is 1. The van der Waals surface area contributed by atoms with Crippen LogP contribution in [0.15, 0.2) is 27.4 Å². The molecule has 1 aromatic carbocycles. The van der Waals surface area contributed by atoms with Gasteiger partial charge in [0.2, 0.25) is 0 Å². The van der Waals surface area contributed by atoms with Gasteiger partial charge in [0.05, 0.1) is 6.61 Å². The first-order chi connectivity index (χ1) is 11.1. The van der Waals surface area contributed by atoms with Gasteiger partial charge < -0.3 is 14.1 Å². The summed E-state index contributed by atoms with van der Waals surface area (Å²) in [4.78, 5) is 14.1. The lowest BCUT2D eigenvalue weighted by atomic mass is 9.99. The standard InChI is InChI=1S/C19H25NO3/c1-4-15-10-18(21)23-19-13(2)17(8-7-16(15)19)22-12-14-6-5-9-20(3)11-14/h7-8,10,14H,4-6,9,11-12H2,1-3H3. The fourth-order valence-corrected chi connectivity index (χ4v) is 3.47. The van der Waals surface area contributed by atoms with Crippen molar-refractivity contribution in [3.63, 3.8) is 0 Å². The van der Waals surface area contributed by atoms with Crippen LogP contribution in [0.4, 0.5) is 0 Å². The summed E-state index contributed by atoms with van der Waals surface area (Å²) < 4.78 is 11.5. The predicted octanol–water partition coefficient (Wildman–Crippen LogP) is 3.38. The van der Waals surface area contributed by atoms with E-state index in [0.29, 0.717) is 18.1 Å². The van der Waals surface area contributed by atoms with E-state index in [1.54, 1.807) is 6.07 Å². The molecule has 1 saturated heterocycles. The normalized spacial score (nSPS) is 19.2. The van der Waals surface area contributed by atoms with Crippen LogP contribution in [0.1, 0.15) is 30.9 Å². The molecule has 0 N–H and O–H groups in total. The Hall–Kier alpha value is -1.81. The number of hydrogen-bond donors (Lipinski definition) is 0. The van der Waals surface area contributed by atoms with Crippen molar-refractivity contribution in [1.29, 1.82) is 0 Å². The van der Waals surface area contributed by atoms with Crippen molar-refractivity contribution in [2.45, 2.75) is 33.1 Å². The highest BCUT2D eigenvalue weighted by Gasteiger charge is 2.18. The summed E-state index contributed by atoms with van der Waals surface area (Å²) in [5.74, 6) is 1.39. The number of rotatable bonds is 4. The second-order valence-electron chi connectivity index (χ2n) is 6.59. The molecule has 1 aromatic heterocycles. The third-order valence-electron chi connectivity index (χ3n) is 4.77. The molecule has 0 aliphatic carbocycles. The van der Waals surface area contributed by atoms with Crippen LogP contribution in [-0.4, -0.2) is 31.6 Å². The third-order valence-corrected chi connectivity index (χ3v) is 4.77. The van der Waals surface area contributed by atoms with Gasteiger partial charge in [-0.3, -0.25) is 0 Å². The lowest BCUT2D eigenvalue weighted by molar-refractivity contribution is 0.150. The second-order valence-corrected chi connectivity index (χ2v) is 6.59.